The van der Waals surface area contributed by atoms with Crippen LogP contribution in [0.15, 0.2) is 0 Å². The molecule has 1 saturated heterocycles. The van der Waals surface area contributed by atoms with Crippen LogP contribution in [-0.4, -0.2) is 16.8 Å². The molecule has 1 aliphatic rings. The van der Waals surface area contributed by atoms with Crippen molar-refractivity contribution in [3.63, 3.8) is 0 Å². The van der Waals surface area contributed by atoms with Crippen LogP contribution in [0.1, 0.15) is 138 Å². The second-order valence-electron chi connectivity index (χ2n) is 10.2. The fourth-order valence-electron chi connectivity index (χ4n) is 5.09. The summed E-state index contributed by atoms with van der Waals surface area (Å²) in [5.41, 5.74) is 0. The Bertz CT molecular complexity index is 468. The lowest BCUT2D eigenvalue weighted by molar-refractivity contribution is -0.199. The van der Waals surface area contributed by atoms with Crippen LogP contribution in [0.5, 0.6) is 0 Å². The van der Waals surface area contributed by atoms with Crippen LogP contribution in [0.2, 0.25) is 0 Å². The fourth-order valence-corrected chi connectivity index (χ4v) is 9.80. The molecule has 0 radical (unpaired) electrons. The highest BCUT2D eigenvalue weighted by molar-refractivity contribution is 8.48. The Morgan fingerprint density at radius 3 is 1.82 bits per heavy atom. The van der Waals surface area contributed by atoms with E-state index in [1.54, 1.807) is 11.4 Å². The predicted octanol–water partition coefficient (Wildman–Crippen LogP) is 10.5. The van der Waals surface area contributed by atoms with E-state index in [9.17, 15) is 4.57 Å². The third kappa shape index (κ3) is 12.5. The largest absolute Gasteiger partial charge is 0.400 e. The Labute approximate surface area is 213 Å². The number of rotatable bonds is 20. The summed E-state index contributed by atoms with van der Waals surface area (Å²) in [4.78, 5) is 0. The lowest BCUT2D eigenvalue weighted by Gasteiger charge is -2.44. The molecular weight excluding hydrogens is 466 g/mol. The topological polar surface area (TPSA) is 35.5 Å². The number of hydrogen-bond donors (Lipinski definition) is 0. The van der Waals surface area contributed by atoms with Gasteiger partial charge in [0.15, 0.2) is 22.3 Å². The van der Waals surface area contributed by atoms with Crippen LogP contribution >= 0.6 is 27.6 Å². The number of hydrogen-bond acceptors (Lipinski definition) is 4. The third-order valence-electron chi connectivity index (χ3n) is 7.49. The minimum atomic E-state index is -0.372. The van der Waals surface area contributed by atoms with Gasteiger partial charge in [0.1, 0.15) is 0 Å². The average molecular weight is 522 g/mol. The lowest BCUT2D eigenvalue weighted by atomic mass is 9.94. The maximum Gasteiger partial charge on any atom is 0.400 e. The van der Waals surface area contributed by atoms with E-state index in [1.807, 2.05) is 0 Å². The van der Waals surface area contributed by atoms with Crippen molar-refractivity contribution in [2.75, 3.05) is 0 Å². The molecule has 0 aliphatic carbocycles. The molecule has 1 heterocycles. The van der Waals surface area contributed by atoms with Crippen LogP contribution in [0, 0.1) is 17.8 Å². The number of unbranched alkanes of at least 4 members (excludes halogenated alkanes) is 3. The van der Waals surface area contributed by atoms with E-state index in [-0.39, 0.29) is 24.5 Å². The van der Waals surface area contributed by atoms with Gasteiger partial charge in [0.2, 0.25) is 0 Å². The Hall–Kier alpha value is 0.800. The molecule has 3 nitrogen and oxygen atoms in total. The summed E-state index contributed by atoms with van der Waals surface area (Å²) >= 11 is 1.57. The van der Waals surface area contributed by atoms with Crippen molar-refractivity contribution in [3.05, 3.63) is 0 Å². The van der Waals surface area contributed by atoms with E-state index in [4.69, 9.17) is 9.47 Å². The molecule has 8 atom stereocenters. The average Bonchev–Trinajstić information content (AvgIpc) is 2.82. The van der Waals surface area contributed by atoms with Gasteiger partial charge in [-0.25, -0.2) is 0 Å². The van der Waals surface area contributed by atoms with Gasteiger partial charge >= 0.3 is 7.66 Å². The van der Waals surface area contributed by atoms with E-state index in [0.717, 1.165) is 25.2 Å². The molecule has 0 bridgehead atoms. The van der Waals surface area contributed by atoms with Crippen molar-refractivity contribution in [1.82, 2.24) is 0 Å². The standard InChI is InChI=1S/C27H54O3P2S/c1-7-13-16-22(10-4)19-25-29-26(20-23(11-5)17-14-8-2)31-27(30-25,33-32-28)21-24(12-6)18-15-9-3/h22-26,31H,7-21H2,1-6H3/p+1. The molecule has 0 aromatic rings. The summed E-state index contributed by atoms with van der Waals surface area (Å²) in [5, 5.41) is 0. The van der Waals surface area contributed by atoms with Gasteiger partial charge in [-0.1, -0.05) is 123 Å². The van der Waals surface area contributed by atoms with Gasteiger partial charge in [0, 0.05) is 6.42 Å². The fraction of sp³-hybridized carbons (Fsp3) is 1.00. The van der Waals surface area contributed by atoms with Crippen LogP contribution in [0.4, 0.5) is 0 Å². The quantitative estimate of drug-likeness (QED) is 0.149. The van der Waals surface area contributed by atoms with Gasteiger partial charge in [0.05, 0.1) is 5.85 Å². The highest BCUT2D eigenvalue weighted by atomic mass is 32.7. The molecule has 1 rings (SSSR count). The van der Waals surface area contributed by atoms with Crippen molar-refractivity contribution in [2.24, 2.45) is 17.8 Å². The Balaban J connectivity index is 3.07. The summed E-state index contributed by atoms with van der Waals surface area (Å²) in [6.07, 6.45) is 18.0. The SMILES string of the molecule is CCCCC(CC)CC1OC(CC(CC)CCCC)PC(CC(CC)CCCC)(S[PH+]=O)O1. The van der Waals surface area contributed by atoms with Gasteiger partial charge in [0.25, 0.3) is 0 Å². The highest BCUT2D eigenvalue weighted by Crippen LogP contribution is 2.59. The Morgan fingerprint density at radius 2 is 1.33 bits per heavy atom. The molecule has 0 saturated carbocycles. The molecule has 1 aliphatic heterocycles. The highest BCUT2D eigenvalue weighted by Gasteiger charge is 2.48. The molecule has 8 unspecified atom stereocenters. The van der Waals surface area contributed by atoms with Crippen molar-refractivity contribution < 1.29 is 14.0 Å². The van der Waals surface area contributed by atoms with Crippen molar-refractivity contribution in [1.29, 1.82) is 0 Å². The van der Waals surface area contributed by atoms with Gasteiger partial charge in [-0.3, -0.25) is 0 Å². The molecule has 0 spiro atoms. The first kappa shape index (κ1) is 31.8. The molecule has 0 N–H and O–H groups in total. The molecular formula is C27H55O3P2S+. The third-order valence-corrected chi connectivity index (χ3v) is 12.1. The van der Waals surface area contributed by atoms with Crippen molar-refractivity contribution in [3.8, 4) is 0 Å². The van der Waals surface area contributed by atoms with Gasteiger partial charge in [-0.05, 0) is 39.2 Å². The molecule has 6 heteroatoms. The predicted molar refractivity (Wildman–Crippen MR) is 151 cm³/mol. The Kier molecular flexibility index (Phi) is 18.3. The second-order valence-corrected chi connectivity index (χ2v) is 14.4. The van der Waals surface area contributed by atoms with E-state index >= 15 is 0 Å². The van der Waals surface area contributed by atoms with Crippen molar-refractivity contribution >= 4 is 27.6 Å². The van der Waals surface area contributed by atoms with Crippen LogP contribution in [0.25, 0.3) is 0 Å². The summed E-state index contributed by atoms with van der Waals surface area (Å²) in [6, 6.07) is 0. The van der Waals surface area contributed by atoms with Gasteiger partial charge < -0.3 is 9.47 Å². The first-order chi connectivity index (χ1) is 16.0. The minimum absolute atomic E-state index is 0.144. The molecule has 0 aromatic heterocycles. The van der Waals surface area contributed by atoms with E-state index in [1.165, 1.54) is 77.0 Å². The first-order valence-corrected chi connectivity index (χ1v) is 17.7. The molecule has 1 fully saturated rings. The summed E-state index contributed by atoms with van der Waals surface area (Å²) in [5.74, 6) is 2.27. The monoisotopic (exact) mass is 521 g/mol. The zero-order valence-corrected chi connectivity index (χ0v) is 25.4. The zero-order chi connectivity index (χ0) is 24.5. The van der Waals surface area contributed by atoms with Crippen LogP contribution in [0.3, 0.4) is 0 Å². The molecule has 0 aromatic carbocycles. The normalized spacial score (nSPS) is 27.1. The lowest BCUT2D eigenvalue weighted by Crippen LogP contribution is -2.42. The first-order valence-electron chi connectivity index (χ1n) is 14.1. The molecule has 0 amide bonds. The molecule has 196 valence electrons. The van der Waals surface area contributed by atoms with Crippen LogP contribution < -0.4 is 0 Å². The Morgan fingerprint density at radius 1 is 0.818 bits per heavy atom. The van der Waals surface area contributed by atoms with Crippen LogP contribution in [-0.2, 0) is 14.0 Å². The molecule has 33 heavy (non-hydrogen) atoms. The summed E-state index contributed by atoms with van der Waals surface area (Å²) in [6.45, 7) is 13.8. The van der Waals surface area contributed by atoms with Gasteiger partial charge in [-0.15, -0.1) is 0 Å². The maximum absolute atomic E-state index is 12.0. The smallest absolute Gasteiger partial charge is 0.345 e. The minimum Gasteiger partial charge on any atom is -0.345 e. The van der Waals surface area contributed by atoms with E-state index in [2.05, 4.69) is 41.5 Å². The van der Waals surface area contributed by atoms with Gasteiger partial charge in [-0.2, -0.15) is 0 Å². The summed E-state index contributed by atoms with van der Waals surface area (Å²) < 4.78 is 25.2. The van der Waals surface area contributed by atoms with E-state index in [0.29, 0.717) is 20.4 Å². The number of ether oxygens (including phenoxy) is 2. The van der Waals surface area contributed by atoms with E-state index < -0.39 is 0 Å². The summed E-state index contributed by atoms with van der Waals surface area (Å²) in [7, 11) is 0.201. The second kappa shape index (κ2) is 19.0. The van der Waals surface area contributed by atoms with Crippen molar-refractivity contribution in [2.45, 2.75) is 155 Å². The maximum atomic E-state index is 12.0. The zero-order valence-electron chi connectivity index (χ0n) is 22.6.